The number of aliphatic hydroxyl groups is 6. The third-order valence-corrected chi connectivity index (χ3v) is 0.1000. The van der Waals surface area contributed by atoms with Crippen LogP contribution in [0, 0.1) is 0 Å². The van der Waals surface area contributed by atoms with Gasteiger partial charge >= 0.3 is 0 Å². The first kappa shape index (κ1) is 44.0. The number of rotatable bonds is 1. The second kappa shape index (κ2) is 49.5. The van der Waals surface area contributed by atoms with Crippen LogP contribution in [-0.4, -0.2) is 68.3 Å². The van der Waals surface area contributed by atoms with Crippen molar-refractivity contribution in [2.24, 2.45) is 0 Å². The zero-order valence-corrected chi connectivity index (χ0v) is 18.8. The van der Waals surface area contributed by atoms with Crippen LogP contribution in [0.4, 0.5) is 0 Å². The number of hydrogen-bond donors (Lipinski definition) is 6. The molecule has 0 aliphatic heterocycles. The Kier molecular flexibility index (Phi) is 90.8. The summed E-state index contributed by atoms with van der Waals surface area (Å²) in [7, 11) is 0. The Labute approximate surface area is 165 Å². The maximum absolute atomic E-state index is 8.06. The molecule has 0 saturated carbocycles. The number of aliphatic hydroxyl groups excluding tert-OH is 6. The van der Waals surface area contributed by atoms with Crippen LogP contribution in [-0.2, 0) is 21.7 Å². The fraction of sp³-hybridized carbons (Fsp3) is 0.882. The van der Waals surface area contributed by atoms with E-state index in [1.807, 2.05) is 6.92 Å². The van der Waals surface area contributed by atoms with Gasteiger partial charge in [0.15, 0.2) is 0 Å². The Morgan fingerprint density at radius 1 is 0.625 bits per heavy atom. The molecule has 0 spiro atoms. The Balaban J connectivity index is -0.0000000287. The maximum atomic E-state index is 8.06. The van der Waals surface area contributed by atoms with Gasteiger partial charge in [-0.15, -0.1) is 6.58 Å². The summed E-state index contributed by atoms with van der Waals surface area (Å²) in [6.07, 6.45) is 1.08. The van der Waals surface area contributed by atoms with Crippen molar-refractivity contribution in [3.63, 3.8) is 0 Å². The van der Waals surface area contributed by atoms with Gasteiger partial charge in [0, 0.05) is 46.1 Å². The minimum absolute atomic E-state index is 0. The van der Waals surface area contributed by atoms with E-state index in [-0.39, 0.29) is 59.3 Å². The zero-order valence-electron chi connectivity index (χ0n) is 17.2. The molecular formula is C17H44O6Ti. The van der Waals surface area contributed by atoms with E-state index in [4.69, 9.17) is 30.6 Å². The van der Waals surface area contributed by atoms with Crippen molar-refractivity contribution < 1.29 is 52.4 Å². The van der Waals surface area contributed by atoms with Gasteiger partial charge < -0.3 is 30.6 Å². The van der Waals surface area contributed by atoms with Crippen molar-refractivity contribution in [3.05, 3.63) is 12.7 Å². The van der Waals surface area contributed by atoms with E-state index >= 15 is 0 Å². The molecule has 0 radical (unpaired) electrons. The van der Waals surface area contributed by atoms with E-state index in [1.165, 1.54) is 0 Å². The topological polar surface area (TPSA) is 121 Å². The molecule has 7 heteroatoms. The minimum Gasteiger partial charge on any atom is -0.394 e. The van der Waals surface area contributed by atoms with Gasteiger partial charge in [0.1, 0.15) is 0 Å². The van der Waals surface area contributed by atoms with Crippen LogP contribution in [0.2, 0.25) is 0 Å². The van der Waals surface area contributed by atoms with Crippen LogP contribution in [0.1, 0.15) is 62.3 Å². The van der Waals surface area contributed by atoms with Crippen molar-refractivity contribution in [1.82, 2.24) is 0 Å². The fourth-order valence-electron chi connectivity index (χ4n) is 0. The van der Waals surface area contributed by atoms with Crippen LogP contribution in [0.3, 0.4) is 0 Å². The molecule has 0 bridgehead atoms. The van der Waals surface area contributed by atoms with Crippen molar-refractivity contribution in [2.45, 2.75) is 86.7 Å². The molecule has 0 fully saturated rings. The molecule has 0 aliphatic rings. The summed E-state index contributed by atoms with van der Waals surface area (Å²) in [4.78, 5) is 0. The van der Waals surface area contributed by atoms with Crippen LogP contribution in [0.15, 0.2) is 12.7 Å². The molecule has 0 atom stereocenters. The van der Waals surface area contributed by atoms with E-state index in [2.05, 4.69) is 6.58 Å². The first-order valence-electron chi connectivity index (χ1n) is 7.77. The molecule has 6 N–H and O–H groups in total. The monoisotopic (exact) mass is 392 g/mol. The van der Waals surface area contributed by atoms with E-state index in [1.54, 1.807) is 61.5 Å². The largest absolute Gasteiger partial charge is 0.394 e. The van der Waals surface area contributed by atoms with Gasteiger partial charge in [0.05, 0.1) is 13.2 Å². The molecule has 6 nitrogen and oxygen atoms in total. The molecule has 152 valence electrons. The third-order valence-electron chi connectivity index (χ3n) is 0.1000. The Hall–Kier alpha value is 0.214. The average Bonchev–Trinajstić information content (AvgIpc) is 2.26. The van der Waals surface area contributed by atoms with Crippen LogP contribution >= 0.6 is 0 Å². The summed E-state index contributed by atoms with van der Waals surface area (Å²) in [5, 5.41) is 47.5. The first-order valence-corrected chi connectivity index (χ1v) is 7.77. The summed E-state index contributed by atoms with van der Waals surface area (Å²) < 4.78 is 0. The molecule has 0 aliphatic carbocycles. The average molecular weight is 392 g/mol. The number of hydrogen-bond acceptors (Lipinski definition) is 6. The second-order valence-electron chi connectivity index (χ2n) is 5.23. The Morgan fingerprint density at radius 2 is 0.667 bits per heavy atom. The predicted molar refractivity (Wildman–Crippen MR) is 99.5 cm³/mol. The van der Waals surface area contributed by atoms with E-state index in [0.29, 0.717) is 0 Å². The molecule has 0 aromatic heterocycles. The fourth-order valence-corrected chi connectivity index (χ4v) is 0. The van der Waals surface area contributed by atoms with E-state index in [0.717, 1.165) is 0 Å². The standard InChI is InChI=1S/4C3H8O.C3H6.C2H6O2.Ti/c4*1-3(2)4;1-3-2;3-1-2-4;/h4*3-4H,1-2H3;3H,1H2,2H3;3-4H,1-2H2;. The van der Waals surface area contributed by atoms with Gasteiger partial charge in [0.25, 0.3) is 0 Å². The summed E-state index contributed by atoms with van der Waals surface area (Å²) in [5.74, 6) is 0. The van der Waals surface area contributed by atoms with Gasteiger partial charge in [-0.25, -0.2) is 0 Å². The van der Waals surface area contributed by atoms with Gasteiger partial charge in [-0.3, -0.25) is 0 Å². The quantitative estimate of drug-likeness (QED) is 0.298. The van der Waals surface area contributed by atoms with E-state index in [9.17, 15) is 0 Å². The maximum Gasteiger partial charge on any atom is 0.0662 e. The SMILES string of the molecule is C=CC.CC(C)O.CC(C)O.CC(C)O.CC(C)O.OCCO.[Ti]. The van der Waals surface area contributed by atoms with Crippen molar-refractivity contribution in [1.29, 1.82) is 0 Å². The third kappa shape index (κ3) is 6780. The van der Waals surface area contributed by atoms with E-state index < -0.39 is 0 Å². The Morgan fingerprint density at radius 3 is 0.667 bits per heavy atom. The molecule has 0 aromatic rings. The van der Waals surface area contributed by atoms with Gasteiger partial charge in [-0.2, -0.15) is 0 Å². The minimum atomic E-state index is -0.167. The molecule has 0 saturated heterocycles. The smallest absolute Gasteiger partial charge is 0.0662 e. The summed E-state index contributed by atoms with van der Waals surface area (Å²) >= 11 is 0. The second-order valence-corrected chi connectivity index (χ2v) is 5.23. The summed E-state index contributed by atoms with van der Waals surface area (Å²) in [5.41, 5.74) is 0. The van der Waals surface area contributed by atoms with Crippen LogP contribution < -0.4 is 0 Å². The van der Waals surface area contributed by atoms with Crippen molar-refractivity contribution in [3.8, 4) is 0 Å². The van der Waals surface area contributed by atoms with Crippen LogP contribution in [0.25, 0.3) is 0 Å². The normalized spacial score (nSPS) is 7.79. The van der Waals surface area contributed by atoms with Gasteiger partial charge in [-0.1, -0.05) is 6.08 Å². The summed E-state index contributed by atoms with van der Waals surface area (Å²) in [6, 6.07) is 0. The van der Waals surface area contributed by atoms with Crippen LogP contribution in [0.5, 0.6) is 0 Å². The van der Waals surface area contributed by atoms with Gasteiger partial charge in [-0.05, 0) is 62.3 Å². The zero-order chi connectivity index (χ0) is 20.4. The molecule has 0 aromatic carbocycles. The van der Waals surface area contributed by atoms with Crippen molar-refractivity contribution in [2.75, 3.05) is 13.2 Å². The van der Waals surface area contributed by atoms with Gasteiger partial charge in [0.2, 0.25) is 0 Å². The van der Waals surface area contributed by atoms with Crippen molar-refractivity contribution >= 4 is 0 Å². The molecular weight excluding hydrogens is 348 g/mol. The molecule has 0 rings (SSSR count). The Bertz CT molecular complexity index is 117. The first-order chi connectivity index (χ1) is 10.3. The molecule has 0 amide bonds. The molecule has 0 unspecified atom stereocenters. The predicted octanol–water partition coefficient (Wildman–Crippen LogP) is 1.71. The molecule has 0 heterocycles. The number of allylic oxidation sites excluding steroid dienone is 1. The molecule has 24 heavy (non-hydrogen) atoms. The summed E-state index contributed by atoms with van der Waals surface area (Å²) in [6.45, 7) is 18.8.